The van der Waals surface area contributed by atoms with Crippen LogP contribution in [0.5, 0.6) is 0 Å². The van der Waals surface area contributed by atoms with E-state index in [0.29, 0.717) is 23.7 Å². The molecule has 6 nitrogen and oxygen atoms in total. The van der Waals surface area contributed by atoms with Gasteiger partial charge >= 0.3 is 6.03 Å². The third-order valence-electron chi connectivity index (χ3n) is 5.71. The average molecular weight is 463 g/mol. The third kappa shape index (κ3) is 6.91. The molecule has 2 unspecified atom stereocenters. The van der Waals surface area contributed by atoms with Crippen molar-refractivity contribution in [1.29, 1.82) is 0 Å². The van der Waals surface area contributed by atoms with E-state index >= 15 is 0 Å². The van der Waals surface area contributed by atoms with Crippen molar-refractivity contribution in [3.8, 4) is 0 Å². The second-order valence-electron chi connectivity index (χ2n) is 8.66. The first-order chi connectivity index (χ1) is 16.0. The predicted octanol–water partition coefficient (Wildman–Crippen LogP) is 4.71. The molecule has 2 heterocycles. The van der Waals surface area contributed by atoms with Gasteiger partial charge in [0, 0.05) is 41.8 Å². The van der Waals surface area contributed by atoms with Crippen LogP contribution in [0.15, 0.2) is 72.1 Å². The maximum Gasteiger partial charge on any atom is 0.319 e. The molecule has 3 amide bonds. The molecule has 2 atom stereocenters. The van der Waals surface area contributed by atoms with Gasteiger partial charge in [0.25, 0.3) is 5.91 Å². The summed E-state index contributed by atoms with van der Waals surface area (Å²) in [6, 6.07) is 21.2. The number of hydrogen-bond donors (Lipinski definition) is 3. The fourth-order valence-corrected chi connectivity index (χ4v) is 4.95. The van der Waals surface area contributed by atoms with Crippen molar-refractivity contribution in [2.75, 3.05) is 18.4 Å². The predicted molar refractivity (Wildman–Crippen MR) is 133 cm³/mol. The average Bonchev–Trinajstić information content (AvgIpc) is 3.31. The highest BCUT2D eigenvalue weighted by atomic mass is 32.1. The van der Waals surface area contributed by atoms with E-state index in [1.54, 1.807) is 35.6 Å². The molecule has 3 aromatic rings. The Morgan fingerprint density at radius 3 is 2.67 bits per heavy atom. The van der Waals surface area contributed by atoms with Crippen molar-refractivity contribution in [2.45, 2.75) is 32.5 Å². The molecule has 0 bridgehead atoms. The van der Waals surface area contributed by atoms with Gasteiger partial charge in [0.05, 0.1) is 6.54 Å². The van der Waals surface area contributed by atoms with Crippen LogP contribution in [-0.4, -0.2) is 36.0 Å². The third-order valence-corrected chi connectivity index (χ3v) is 6.58. The number of amides is 3. The molecule has 0 spiro atoms. The summed E-state index contributed by atoms with van der Waals surface area (Å²) in [6.45, 7) is 5.44. The van der Waals surface area contributed by atoms with Gasteiger partial charge in [-0.15, -0.1) is 11.3 Å². The Morgan fingerprint density at radius 2 is 1.88 bits per heavy atom. The van der Waals surface area contributed by atoms with Crippen molar-refractivity contribution < 1.29 is 9.59 Å². The van der Waals surface area contributed by atoms with Gasteiger partial charge in [-0.2, -0.15) is 0 Å². The molecule has 0 aliphatic carbocycles. The molecular formula is C26H30N4O2S. The largest absolute Gasteiger partial charge is 0.347 e. The number of anilines is 1. The van der Waals surface area contributed by atoms with E-state index in [4.69, 9.17) is 0 Å². The van der Waals surface area contributed by atoms with Crippen LogP contribution < -0.4 is 16.0 Å². The van der Waals surface area contributed by atoms with Gasteiger partial charge in [-0.1, -0.05) is 49.4 Å². The number of rotatable bonds is 7. The van der Waals surface area contributed by atoms with Crippen LogP contribution in [0.2, 0.25) is 0 Å². The Hall–Kier alpha value is -3.16. The highest BCUT2D eigenvalue weighted by Crippen LogP contribution is 2.19. The number of carbonyl (C=O) groups excluding carboxylic acids is 2. The highest BCUT2D eigenvalue weighted by molar-refractivity contribution is 7.09. The first-order valence-electron chi connectivity index (χ1n) is 11.3. The maximum atomic E-state index is 12.7. The van der Waals surface area contributed by atoms with Gasteiger partial charge < -0.3 is 16.0 Å². The Morgan fingerprint density at radius 1 is 1.03 bits per heavy atom. The van der Waals surface area contributed by atoms with Gasteiger partial charge in [0.15, 0.2) is 0 Å². The van der Waals surface area contributed by atoms with E-state index < -0.39 is 0 Å². The number of thiophene rings is 1. The lowest BCUT2D eigenvalue weighted by molar-refractivity contribution is 0.0951. The Balaban J connectivity index is 1.29. The monoisotopic (exact) mass is 462 g/mol. The molecule has 3 N–H and O–H groups in total. The number of carbonyl (C=O) groups is 2. The Labute approximate surface area is 199 Å². The summed E-state index contributed by atoms with van der Waals surface area (Å²) in [5.41, 5.74) is 2.40. The minimum absolute atomic E-state index is 0.0785. The van der Waals surface area contributed by atoms with E-state index in [1.165, 1.54) is 5.56 Å². The zero-order valence-corrected chi connectivity index (χ0v) is 19.6. The standard InChI is InChI=1S/C26H30N4O2S/c1-19-13-23(18-30(16-19)17-20-7-3-2-4-8-20)29-26(32)28-22-10-5-9-21(14-22)25(31)27-15-24-11-6-12-33-24/h2-12,14,19,23H,13,15-18H2,1H3,(H,27,31)(H2,28,29,32). The summed E-state index contributed by atoms with van der Waals surface area (Å²) >= 11 is 1.61. The van der Waals surface area contributed by atoms with Crippen LogP contribution >= 0.6 is 11.3 Å². The van der Waals surface area contributed by atoms with Crippen LogP contribution in [0.25, 0.3) is 0 Å². The number of benzene rings is 2. The summed E-state index contributed by atoms with van der Waals surface area (Å²) in [5, 5.41) is 10.9. The molecule has 1 aliphatic rings. The first kappa shape index (κ1) is 23.0. The fraction of sp³-hybridized carbons (Fsp3) is 0.308. The molecule has 172 valence electrons. The number of likely N-dealkylation sites (tertiary alicyclic amines) is 1. The van der Waals surface area contributed by atoms with Crippen LogP contribution in [-0.2, 0) is 13.1 Å². The molecule has 33 heavy (non-hydrogen) atoms. The minimum atomic E-state index is -0.245. The lowest BCUT2D eigenvalue weighted by atomic mass is 9.95. The van der Waals surface area contributed by atoms with Gasteiger partial charge in [0.2, 0.25) is 0 Å². The Kier molecular flexibility index (Phi) is 7.75. The number of nitrogens with one attached hydrogen (secondary N) is 3. The number of urea groups is 1. The summed E-state index contributed by atoms with van der Waals surface area (Å²) in [6.07, 6.45) is 0.948. The van der Waals surface area contributed by atoms with Crippen molar-refractivity contribution >= 4 is 29.0 Å². The normalized spacial score (nSPS) is 18.5. The van der Waals surface area contributed by atoms with Crippen LogP contribution in [0.1, 0.15) is 34.1 Å². The van der Waals surface area contributed by atoms with Crippen molar-refractivity contribution in [2.24, 2.45) is 5.92 Å². The van der Waals surface area contributed by atoms with Crippen LogP contribution in [0, 0.1) is 5.92 Å². The lowest BCUT2D eigenvalue weighted by Gasteiger charge is -2.36. The van der Waals surface area contributed by atoms with E-state index in [0.717, 1.165) is 30.9 Å². The minimum Gasteiger partial charge on any atom is -0.347 e. The van der Waals surface area contributed by atoms with E-state index in [1.807, 2.05) is 23.6 Å². The number of piperidine rings is 1. The summed E-state index contributed by atoms with van der Waals surface area (Å²) in [4.78, 5) is 28.6. The summed E-state index contributed by atoms with van der Waals surface area (Å²) in [7, 11) is 0. The zero-order chi connectivity index (χ0) is 23.0. The van der Waals surface area contributed by atoms with E-state index in [9.17, 15) is 9.59 Å². The van der Waals surface area contributed by atoms with Crippen molar-refractivity contribution in [3.05, 3.63) is 88.1 Å². The topological polar surface area (TPSA) is 73.5 Å². The van der Waals surface area contributed by atoms with E-state index in [-0.39, 0.29) is 18.0 Å². The maximum absolute atomic E-state index is 12.7. The lowest BCUT2D eigenvalue weighted by Crippen LogP contribution is -2.50. The molecule has 1 aromatic heterocycles. The SMILES string of the molecule is CC1CC(NC(=O)Nc2cccc(C(=O)NCc3cccs3)c2)CN(Cc2ccccc2)C1. The zero-order valence-electron chi connectivity index (χ0n) is 18.8. The molecule has 1 saturated heterocycles. The Bertz CT molecular complexity index is 1060. The molecule has 1 fully saturated rings. The van der Waals surface area contributed by atoms with Crippen molar-refractivity contribution in [3.63, 3.8) is 0 Å². The number of nitrogens with zero attached hydrogens (tertiary/aromatic N) is 1. The van der Waals surface area contributed by atoms with Gasteiger partial charge in [-0.25, -0.2) is 4.79 Å². The molecular weight excluding hydrogens is 432 g/mol. The molecule has 0 radical (unpaired) electrons. The second-order valence-corrected chi connectivity index (χ2v) is 9.69. The fourth-order valence-electron chi connectivity index (χ4n) is 4.31. The second kappa shape index (κ2) is 11.1. The molecule has 1 aliphatic heterocycles. The van der Waals surface area contributed by atoms with Crippen LogP contribution in [0.4, 0.5) is 10.5 Å². The quantitative estimate of drug-likeness (QED) is 0.476. The number of hydrogen-bond acceptors (Lipinski definition) is 4. The van der Waals surface area contributed by atoms with Gasteiger partial charge in [0.1, 0.15) is 0 Å². The molecule has 2 aromatic carbocycles. The van der Waals surface area contributed by atoms with E-state index in [2.05, 4.69) is 52.0 Å². The summed E-state index contributed by atoms with van der Waals surface area (Å²) in [5.74, 6) is 0.341. The first-order valence-corrected chi connectivity index (χ1v) is 12.2. The smallest absolute Gasteiger partial charge is 0.319 e. The van der Waals surface area contributed by atoms with Gasteiger partial charge in [-0.05, 0) is 47.5 Å². The van der Waals surface area contributed by atoms with Crippen LogP contribution in [0.3, 0.4) is 0 Å². The molecule has 4 rings (SSSR count). The molecule has 0 saturated carbocycles. The summed E-state index contributed by atoms with van der Waals surface area (Å²) < 4.78 is 0. The van der Waals surface area contributed by atoms with Gasteiger partial charge in [-0.3, -0.25) is 9.69 Å². The highest BCUT2D eigenvalue weighted by Gasteiger charge is 2.26. The molecule has 7 heteroatoms. The van der Waals surface area contributed by atoms with Crippen molar-refractivity contribution in [1.82, 2.24) is 15.5 Å².